The van der Waals surface area contributed by atoms with Crippen molar-refractivity contribution in [2.45, 2.75) is 33.3 Å². The predicted octanol–water partition coefficient (Wildman–Crippen LogP) is 4.25. The number of nitro benzene ring substituents is 1. The van der Waals surface area contributed by atoms with Crippen LogP contribution in [0.1, 0.15) is 29.5 Å². The van der Waals surface area contributed by atoms with E-state index in [9.17, 15) is 19.7 Å². The molecule has 0 saturated carbocycles. The molecule has 0 aliphatic rings. The lowest BCUT2D eigenvalue weighted by atomic mass is 10.0. The highest BCUT2D eigenvalue weighted by atomic mass is 16.6. The smallest absolute Gasteiger partial charge is 0.336 e. The van der Waals surface area contributed by atoms with E-state index in [1.807, 2.05) is 19.9 Å². The van der Waals surface area contributed by atoms with Gasteiger partial charge in [0.05, 0.1) is 4.92 Å². The molecule has 30 heavy (non-hydrogen) atoms. The van der Waals surface area contributed by atoms with E-state index >= 15 is 0 Å². The average Bonchev–Trinajstić information content (AvgIpc) is 2.71. The van der Waals surface area contributed by atoms with Crippen LogP contribution in [0.5, 0.6) is 0 Å². The standard InChI is InChI=1S/C22H22N2O6/c1-14-10-17-16(12-22(26)30-20(17)11-15(14)2)13-29-21(25)8-5-9-23-18-6-3-4-7-19(18)24(27)28/h3-4,6-7,10-12,23H,5,8-9,13H2,1-2H3. The predicted molar refractivity (Wildman–Crippen MR) is 113 cm³/mol. The molecule has 0 unspecified atom stereocenters. The van der Waals surface area contributed by atoms with E-state index in [0.717, 1.165) is 16.5 Å². The zero-order valence-corrected chi connectivity index (χ0v) is 16.8. The fourth-order valence-electron chi connectivity index (χ4n) is 3.07. The van der Waals surface area contributed by atoms with Gasteiger partial charge in [0.25, 0.3) is 5.69 Å². The number of fused-ring (bicyclic) bond motifs is 1. The van der Waals surface area contributed by atoms with Gasteiger partial charge in [0.1, 0.15) is 17.9 Å². The van der Waals surface area contributed by atoms with Gasteiger partial charge in [-0.15, -0.1) is 0 Å². The lowest BCUT2D eigenvalue weighted by molar-refractivity contribution is -0.384. The molecule has 0 fully saturated rings. The van der Waals surface area contributed by atoms with Gasteiger partial charge in [-0.05, 0) is 49.6 Å². The van der Waals surface area contributed by atoms with Crippen LogP contribution < -0.4 is 10.9 Å². The number of para-hydroxylation sites is 2. The van der Waals surface area contributed by atoms with Gasteiger partial charge in [-0.3, -0.25) is 14.9 Å². The Morgan fingerprint density at radius 1 is 1.17 bits per heavy atom. The van der Waals surface area contributed by atoms with Crippen LogP contribution in [0.25, 0.3) is 11.0 Å². The normalized spacial score (nSPS) is 10.7. The van der Waals surface area contributed by atoms with Crippen LogP contribution >= 0.6 is 0 Å². The van der Waals surface area contributed by atoms with Crippen molar-refractivity contribution in [2.75, 3.05) is 11.9 Å². The Balaban J connectivity index is 1.55. The number of carbonyl (C=O) groups is 1. The SMILES string of the molecule is Cc1cc2oc(=O)cc(COC(=O)CCCNc3ccccc3[N+](=O)[O-])c2cc1C. The maximum Gasteiger partial charge on any atom is 0.336 e. The number of ether oxygens (including phenoxy) is 1. The monoisotopic (exact) mass is 410 g/mol. The lowest BCUT2D eigenvalue weighted by Gasteiger charge is -2.10. The molecule has 0 amide bonds. The number of hydrogen-bond donors (Lipinski definition) is 1. The molecule has 0 aliphatic heterocycles. The number of aryl methyl sites for hydroxylation is 2. The number of hydrogen-bond acceptors (Lipinski definition) is 7. The second kappa shape index (κ2) is 9.21. The molecule has 0 spiro atoms. The van der Waals surface area contributed by atoms with E-state index in [-0.39, 0.29) is 18.7 Å². The third kappa shape index (κ3) is 5.02. The van der Waals surface area contributed by atoms with Crippen molar-refractivity contribution in [1.82, 2.24) is 0 Å². The first kappa shape index (κ1) is 21.0. The summed E-state index contributed by atoms with van der Waals surface area (Å²) in [5, 5.41) is 14.7. The van der Waals surface area contributed by atoms with Crippen LogP contribution in [-0.4, -0.2) is 17.4 Å². The van der Waals surface area contributed by atoms with E-state index in [0.29, 0.717) is 29.8 Å². The van der Waals surface area contributed by atoms with Gasteiger partial charge in [-0.2, -0.15) is 0 Å². The van der Waals surface area contributed by atoms with Gasteiger partial charge in [0, 0.05) is 36.0 Å². The fraction of sp³-hybridized carbons (Fsp3) is 0.273. The van der Waals surface area contributed by atoms with Crippen LogP contribution in [0.3, 0.4) is 0 Å². The Bertz CT molecular complexity index is 1150. The van der Waals surface area contributed by atoms with Crippen LogP contribution in [0.4, 0.5) is 11.4 Å². The molecule has 0 saturated heterocycles. The number of nitro groups is 1. The highest BCUT2D eigenvalue weighted by Crippen LogP contribution is 2.24. The largest absolute Gasteiger partial charge is 0.461 e. The Hall–Kier alpha value is -3.68. The number of benzene rings is 2. The molecular formula is C22H22N2O6. The summed E-state index contributed by atoms with van der Waals surface area (Å²) in [7, 11) is 0. The van der Waals surface area contributed by atoms with E-state index in [1.165, 1.54) is 12.1 Å². The van der Waals surface area contributed by atoms with Crippen molar-refractivity contribution in [1.29, 1.82) is 0 Å². The van der Waals surface area contributed by atoms with Crippen molar-refractivity contribution >= 4 is 28.3 Å². The number of rotatable bonds is 8. The van der Waals surface area contributed by atoms with Gasteiger partial charge < -0.3 is 14.5 Å². The van der Waals surface area contributed by atoms with Crippen LogP contribution in [0.2, 0.25) is 0 Å². The number of esters is 1. The number of nitrogens with zero attached hydrogens (tertiary/aromatic N) is 1. The second-order valence-electron chi connectivity index (χ2n) is 6.99. The van der Waals surface area contributed by atoms with Crippen molar-refractivity contribution in [2.24, 2.45) is 0 Å². The van der Waals surface area contributed by atoms with Gasteiger partial charge in [0.15, 0.2) is 0 Å². The Labute approximate surface area is 172 Å². The molecule has 0 bridgehead atoms. The molecule has 0 radical (unpaired) electrons. The topological polar surface area (TPSA) is 112 Å². The first-order valence-electron chi connectivity index (χ1n) is 9.52. The van der Waals surface area contributed by atoms with Crippen molar-refractivity contribution in [3.63, 3.8) is 0 Å². The zero-order chi connectivity index (χ0) is 21.7. The molecule has 2 aromatic carbocycles. The summed E-state index contributed by atoms with van der Waals surface area (Å²) in [5.41, 5.74) is 3.01. The summed E-state index contributed by atoms with van der Waals surface area (Å²) in [4.78, 5) is 34.4. The third-order valence-electron chi connectivity index (χ3n) is 4.81. The Kier molecular flexibility index (Phi) is 6.46. The number of nitrogens with one attached hydrogen (secondary N) is 1. The second-order valence-corrected chi connectivity index (χ2v) is 6.99. The van der Waals surface area contributed by atoms with E-state index < -0.39 is 16.5 Å². The maximum atomic E-state index is 12.1. The van der Waals surface area contributed by atoms with Crippen molar-refractivity contribution in [3.05, 3.63) is 79.7 Å². The summed E-state index contributed by atoms with van der Waals surface area (Å²) >= 11 is 0. The highest BCUT2D eigenvalue weighted by molar-refractivity contribution is 5.82. The molecule has 156 valence electrons. The molecule has 1 heterocycles. The minimum absolute atomic E-state index is 0.0135. The maximum absolute atomic E-state index is 12.1. The summed E-state index contributed by atoms with van der Waals surface area (Å²) in [6.45, 7) is 4.25. The van der Waals surface area contributed by atoms with E-state index in [4.69, 9.17) is 9.15 Å². The summed E-state index contributed by atoms with van der Waals surface area (Å²) < 4.78 is 10.6. The Morgan fingerprint density at radius 3 is 2.67 bits per heavy atom. The molecule has 0 atom stereocenters. The van der Waals surface area contributed by atoms with Crippen LogP contribution in [0, 0.1) is 24.0 Å². The molecule has 3 rings (SSSR count). The molecule has 8 nitrogen and oxygen atoms in total. The summed E-state index contributed by atoms with van der Waals surface area (Å²) in [6, 6.07) is 11.4. The molecule has 3 aromatic rings. The quantitative estimate of drug-likeness (QED) is 0.194. The highest BCUT2D eigenvalue weighted by Gasteiger charge is 2.13. The van der Waals surface area contributed by atoms with E-state index in [2.05, 4.69) is 5.32 Å². The summed E-state index contributed by atoms with van der Waals surface area (Å²) in [5.74, 6) is -0.412. The third-order valence-corrected chi connectivity index (χ3v) is 4.81. The zero-order valence-electron chi connectivity index (χ0n) is 16.8. The summed E-state index contributed by atoms with van der Waals surface area (Å²) in [6.07, 6.45) is 0.589. The number of carbonyl (C=O) groups excluding carboxylic acids is 1. The number of anilines is 1. The minimum Gasteiger partial charge on any atom is -0.461 e. The molecule has 0 aliphatic carbocycles. The van der Waals surface area contributed by atoms with E-state index in [1.54, 1.807) is 24.3 Å². The first-order chi connectivity index (χ1) is 14.3. The van der Waals surface area contributed by atoms with Crippen LogP contribution in [0.15, 0.2) is 51.7 Å². The lowest BCUT2D eigenvalue weighted by Crippen LogP contribution is -2.10. The van der Waals surface area contributed by atoms with Gasteiger partial charge in [-0.25, -0.2) is 4.79 Å². The van der Waals surface area contributed by atoms with Crippen molar-refractivity contribution in [3.8, 4) is 0 Å². The minimum atomic E-state index is -0.495. The van der Waals surface area contributed by atoms with Gasteiger partial charge in [-0.1, -0.05) is 12.1 Å². The van der Waals surface area contributed by atoms with Crippen molar-refractivity contribution < 1.29 is 18.9 Å². The molecule has 8 heteroatoms. The van der Waals surface area contributed by atoms with Crippen LogP contribution in [-0.2, 0) is 16.1 Å². The Morgan fingerprint density at radius 2 is 1.90 bits per heavy atom. The molecule has 1 aromatic heterocycles. The average molecular weight is 410 g/mol. The fourth-order valence-corrected chi connectivity index (χ4v) is 3.07. The van der Waals surface area contributed by atoms with Gasteiger partial charge in [0.2, 0.25) is 0 Å². The van der Waals surface area contributed by atoms with Gasteiger partial charge >= 0.3 is 11.6 Å². The molecule has 1 N–H and O–H groups in total. The first-order valence-corrected chi connectivity index (χ1v) is 9.52. The molecular weight excluding hydrogens is 388 g/mol.